The molecule has 1 amide bonds. The molecule has 0 saturated heterocycles. The van der Waals surface area contributed by atoms with Crippen molar-refractivity contribution in [2.75, 3.05) is 6.61 Å². The summed E-state index contributed by atoms with van der Waals surface area (Å²) in [7, 11) is 0. The molecule has 0 rings (SSSR count). The van der Waals surface area contributed by atoms with Crippen LogP contribution in [0.4, 0.5) is 0 Å². The van der Waals surface area contributed by atoms with Gasteiger partial charge < -0.3 is 20.6 Å². The topological polar surface area (TPSA) is 89.8 Å². The van der Waals surface area contributed by atoms with E-state index in [9.17, 15) is 20.1 Å². The number of nitrogens with one attached hydrogen (secondary N) is 1. The standard InChI is InChI=1S/C38H73NO4/c1-3-5-7-9-11-13-15-16-17-18-19-20-21-23-25-27-29-31-33-37(42)38(43)39-35(34-40)36(41)32-30-28-26-24-22-14-12-10-8-6-4-2/h26,28,30,32,35-37,40-42H,3-25,27,29,31,33-34H2,1-2H3,(H,39,43)/b28-26+,32-30+/t35-,36+,37?/m0/s1. The Kier molecular flexibility index (Phi) is 32.8. The van der Waals surface area contributed by atoms with Gasteiger partial charge in [-0.15, -0.1) is 0 Å². The van der Waals surface area contributed by atoms with Crippen LogP contribution in [0, 0.1) is 0 Å². The molecule has 0 aromatic rings. The Morgan fingerprint density at radius 3 is 1.40 bits per heavy atom. The molecule has 5 nitrogen and oxygen atoms in total. The zero-order chi connectivity index (χ0) is 31.6. The molecule has 43 heavy (non-hydrogen) atoms. The van der Waals surface area contributed by atoms with Gasteiger partial charge in [-0.1, -0.05) is 192 Å². The first-order chi connectivity index (χ1) is 21.1. The molecule has 3 atom stereocenters. The van der Waals surface area contributed by atoms with Gasteiger partial charge in [0.25, 0.3) is 0 Å². The Bertz CT molecular complexity index is 635. The SMILES string of the molecule is CCCCCCCCC/C=C/C=C/[C@@H](O)[C@H](CO)NC(=O)C(O)CCCCCCCCCCCCCCCCCCCC. The molecular formula is C38H73NO4. The molecule has 0 spiro atoms. The molecule has 0 aliphatic heterocycles. The van der Waals surface area contributed by atoms with Crippen LogP contribution in [0.3, 0.4) is 0 Å². The van der Waals surface area contributed by atoms with E-state index < -0.39 is 24.2 Å². The summed E-state index contributed by atoms with van der Waals surface area (Å²) in [6.45, 7) is 4.13. The molecule has 0 aliphatic rings. The number of unbranched alkanes of at least 4 members (excludes halogenated alkanes) is 24. The summed E-state index contributed by atoms with van der Waals surface area (Å²) >= 11 is 0. The highest BCUT2D eigenvalue weighted by atomic mass is 16.3. The highest BCUT2D eigenvalue weighted by Crippen LogP contribution is 2.15. The quantitative estimate of drug-likeness (QED) is 0.0441. The Morgan fingerprint density at radius 2 is 0.977 bits per heavy atom. The smallest absolute Gasteiger partial charge is 0.249 e. The summed E-state index contributed by atoms with van der Waals surface area (Å²) in [6.07, 6.45) is 39.2. The zero-order valence-corrected chi connectivity index (χ0v) is 28.6. The van der Waals surface area contributed by atoms with Crippen LogP contribution in [0.2, 0.25) is 0 Å². The minimum atomic E-state index is -1.10. The molecule has 0 fully saturated rings. The van der Waals surface area contributed by atoms with Crippen molar-refractivity contribution in [2.45, 2.75) is 205 Å². The van der Waals surface area contributed by atoms with Gasteiger partial charge in [-0.05, 0) is 19.3 Å². The lowest BCUT2D eigenvalue weighted by Crippen LogP contribution is -2.48. The zero-order valence-electron chi connectivity index (χ0n) is 28.6. The monoisotopic (exact) mass is 608 g/mol. The number of aliphatic hydroxyl groups is 3. The van der Waals surface area contributed by atoms with Gasteiger partial charge in [0.1, 0.15) is 6.10 Å². The summed E-state index contributed by atoms with van der Waals surface area (Å²) in [6, 6.07) is -0.824. The van der Waals surface area contributed by atoms with Crippen LogP contribution in [0.25, 0.3) is 0 Å². The molecule has 4 N–H and O–H groups in total. The molecule has 0 heterocycles. The van der Waals surface area contributed by atoms with Crippen LogP contribution in [-0.4, -0.2) is 46.1 Å². The summed E-state index contributed by atoms with van der Waals surface area (Å²) < 4.78 is 0. The van der Waals surface area contributed by atoms with Gasteiger partial charge in [0.15, 0.2) is 0 Å². The first-order valence-electron chi connectivity index (χ1n) is 18.7. The third-order valence-electron chi connectivity index (χ3n) is 8.60. The number of carbonyl (C=O) groups excluding carboxylic acids is 1. The Morgan fingerprint density at radius 1 is 0.581 bits per heavy atom. The van der Waals surface area contributed by atoms with E-state index in [1.807, 2.05) is 6.08 Å². The molecular weight excluding hydrogens is 534 g/mol. The van der Waals surface area contributed by atoms with Gasteiger partial charge in [-0.25, -0.2) is 0 Å². The van der Waals surface area contributed by atoms with Crippen molar-refractivity contribution in [1.29, 1.82) is 0 Å². The van der Waals surface area contributed by atoms with Crippen LogP contribution >= 0.6 is 0 Å². The maximum absolute atomic E-state index is 12.4. The first-order valence-corrected chi connectivity index (χ1v) is 18.7. The minimum absolute atomic E-state index is 0.384. The second-order valence-corrected chi connectivity index (χ2v) is 12.8. The van der Waals surface area contributed by atoms with Gasteiger partial charge in [0.05, 0.1) is 18.8 Å². The van der Waals surface area contributed by atoms with E-state index >= 15 is 0 Å². The lowest BCUT2D eigenvalue weighted by molar-refractivity contribution is -0.131. The number of aliphatic hydroxyl groups excluding tert-OH is 3. The second-order valence-electron chi connectivity index (χ2n) is 12.8. The van der Waals surface area contributed by atoms with Gasteiger partial charge in [0, 0.05) is 0 Å². The largest absolute Gasteiger partial charge is 0.394 e. The summed E-state index contributed by atoms with van der Waals surface area (Å²) in [4.78, 5) is 12.4. The van der Waals surface area contributed by atoms with Crippen molar-refractivity contribution in [3.8, 4) is 0 Å². The maximum atomic E-state index is 12.4. The molecule has 0 saturated carbocycles. The van der Waals surface area contributed by atoms with E-state index in [1.54, 1.807) is 12.2 Å². The predicted octanol–water partition coefficient (Wildman–Crippen LogP) is 9.87. The fourth-order valence-corrected chi connectivity index (χ4v) is 5.59. The van der Waals surface area contributed by atoms with Crippen LogP contribution in [0.15, 0.2) is 24.3 Å². The van der Waals surface area contributed by atoms with Crippen molar-refractivity contribution in [3.63, 3.8) is 0 Å². The van der Waals surface area contributed by atoms with E-state index in [0.29, 0.717) is 6.42 Å². The van der Waals surface area contributed by atoms with E-state index in [-0.39, 0.29) is 6.61 Å². The fraction of sp³-hybridized carbons (Fsp3) is 0.868. The summed E-state index contributed by atoms with van der Waals surface area (Å²) in [5.41, 5.74) is 0. The highest BCUT2D eigenvalue weighted by Gasteiger charge is 2.22. The molecule has 0 aromatic heterocycles. The fourth-order valence-electron chi connectivity index (χ4n) is 5.59. The second kappa shape index (κ2) is 33.7. The Labute approximate surface area is 267 Å². The number of hydrogen-bond acceptors (Lipinski definition) is 4. The van der Waals surface area contributed by atoms with Crippen molar-refractivity contribution in [1.82, 2.24) is 5.32 Å². The number of amides is 1. The Balaban J connectivity index is 3.72. The maximum Gasteiger partial charge on any atom is 0.249 e. The number of carbonyl (C=O) groups is 1. The molecule has 1 unspecified atom stereocenters. The molecule has 0 bridgehead atoms. The van der Waals surface area contributed by atoms with Crippen LogP contribution in [0.5, 0.6) is 0 Å². The van der Waals surface area contributed by atoms with E-state index in [4.69, 9.17) is 0 Å². The van der Waals surface area contributed by atoms with Crippen LogP contribution in [-0.2, 0) is 4.79 Å². The summed E-state index contributed by atoms with van der Waals surface area (Å²) in [5, 5.41) is 32.8. The third-order valence-corrected chi connectivity index (χ3v) is 8.60. The Hall–Kier alpha value is -1.17. The van der Waals surface area contributed by atoms with Crippen LogP contribution in [0.1, 0.15) is 187 Å². The number of rotatable bonds is 33. The van der Waals surface area contributed by atoms with Crippen molar-refractivity contribution in [3.05, 3.63) is 24.3 Å². The van der Waals surface area contributed by atoms with E-state index in [2.05, 4.69) is 25.2 Å². The van der Waals surface area contributed by atoms with Crippen molar-refractivity contribution in [2.24, 2.45) is 0 Å². The van der Waals surface area contributed by atoms with Crippen LogP contribution < -0.4 is 5.32 Å². The van der Waals surface area contributed by atoms with E-state index in [0.717, 1.165) is 25.7 Å². The molecule has 0 aromatic carbocycles. The van der Waals surface area contributed by atoms with E-state index in [1.165, 1.54) is 141 Å². The van der Waals surface area contributed by atoms with Gasteiger partial charge in [-0.2, -0.15) is 0 Å². The molecule has 254 valence electrons. The van der Waals surface area contributed by atoms with Gasteiger partial charge in [0.2, 0.25) is 5.91 Å². The lowest BCUT2D eigenvalue weighted by Gasteiger charge is -2.21. The average Bonchev–Trinajstić information content (AvgIpc) is 3.01. The first kappa shape index (κ1) is 41.8. The predicted molar refractivity (Wildman–Crippen MR) is 185 cm³/mol. The molecule has 5 heteroatoms. The number of hydrogen-bond donors (Lipinski definition) is 4. The normalized spacial score (nSPS) is 14.1. The molecule has 0 aliphatic carbocycles. The third kappa shape index (κ3) is 29.3. The highest BCUT2D eigenvalue weighted by molar-refractivity contribution is 5.80. The number of allylic oxidation sites excluding steroid dienone is 3. The lowest BCUT2D eigenvalue weighted by atomic mass is 10.0. The van der Waals surface area contributed by atoms with Crippen molar-refractivity contribution >= 4 is 5.91 Å². The van der Waals surface area contributed by atoms with Gasteiger partial charge in [-0.3, -0.25) is 4.79 Å². The molecule has 0 radical (unpaired) electrons. The van der Waals surface area contributed by atoms with Gasteiger partial charge >= 0.3 is 0 Å². The minimum Gasteiger partial charge on any atom is -0.394 e. The average molecular weight is 608 g/mol. The van der Waals surface area contributed by atoms with Crippen molar-refractivity contribution < 1.29 is 20.1 Å². The summed E-state index contributed by atoms with van der Waals surface area (Å²) in [5.74, 6) is -0.520.